The van der Waals surface area contributed by atoms with Crippen LogP contribution in [0, 0.1) is 17.8 Å². The topological polar surface area (TPSA) is 39.9 Å². The number of hydrogen-bond acceptors (Lipinski definition) is 3. The van der Waals surface area contributed by atoms with Crippen molar-refractivity contribution in [2.45, 2.75) is 62.9 Å². The fourth-order valence-electron chi connectivity index (χ4n) is 6.25. The van der Waals surface area contributed by atoms with Crippen LogP contribution in [0.5, 0.6) is 0 Å². The van der Waals surface area contributed by atoms with E-state index < -0.39 is 0 Å². The number of nitrogens with zero attached hydrogens (tertiary/aromatic N) is 3. The summed E-state index contributed by atoms with van der Waals surface area (Å²) in [4.78, 5) is 0. The van der Waals surface area contributed by atoms with Crippen LogP contribution in [-0.4, -0.2) is 21.4 Å². The van der Waals surface area contributed by atoms with Crippen LogP contribution in [0.3, 0.4) is 0 Å². The van der Waals surface area contributed by atoms with Crippen molar-refractivity contribution in [1.82, 2.24) is 14.8 Å². The summed E-state index contributed by atoms with van der Waals surface area (Å²) in [5.41, 5.74) is 0.341. The third-order valence-corrected chi connectivity index (χ3v) is 6.64. The molecule has 5 fully saturated rings. The van der Waals surface area contributed by atoms with Gasteiger partial charge in [-0.2, -0.15) is 0 Å². The molecule has 1 saturated heterocycles. The first-order valence-corrected chi connectivity index (χ1v) is 8.75. The zero-order valence-electron chi connectivity index (χ0n) is 12.9. The Labute approximate surface area is 126 Å². The van der Waals surface area contributed by atoms with Crippen molar-refractivity contribution in [3.8, 4) is 0 Å². The zero-order chi connectivity index (χ0) is 14.0. The second kappa shape index (κ2) is 4.31. The molecule has 114 valence electrons. The lowest BCUT2D eigenvalue weighted by Crippen LogP contribution is -2.49. The van der Waals surface area contributed by atoms with E-state index in [0.717, 1.165) is 43.0 Å². The molecule has 4 bridgehead atoms. The predicted molar refractivity (Wildman–Crippen MR) is 78.8 cm³/mol. The summed E-state index contributed by atoms with van der Waals surface area (Å²) in [6, 6.07) is 0. The molecule has 1 aromatic heterocycles. The van der Waals surface area contributed by atoms with E-state index in [4.69, 9.17) is 4.74 Å². The first kappa shape index (κ1) is 12.6. The molecule has 1 aliphatic heterocycles. The predicted octanol–water partition coefficient (Wildman–Crippen LogP) is 3.13. The maximum Gasteiger partial charge on any atom is 0.162 e. The Morgan fingerprint density at radius 3 is 2.29 bits per heavy atom. The van der Waals surface area contributed by atoms with Crippen molar-refractivity contribution < 1.29 is 4.74 Å². The molecule has 5 aliphatic rings. The molecule has 4 heteroatoms. The summed E-state index contributed by atoms with van der Waals surface area (Å²) >= 11 is 0. The molecule has 6 rings (SSSR count). The van der Waals surface area contributed by atoms with Crippen LogP contribution in [0.1, 0.15) is 69.1 Å². The second-order valence-electron chi connectivity index (χ2n) is 8.14. The van der Waals surface area contributed by atoms with Crippen LogP contribution < -0.4 is 0 Å². The highest BCUT2D eigenvalue weighted by Gasteiger charge is 2.53. The van der Waals surface area contributed by atoms with Crippen LogP contribution in [0.25, 0.3) is 0 Å². The van der Waals surface area contributed by atoms with Crippen LogP contribution in [0.2, 0.25) is 0 Å². The molecule has 0 radical (unpaired) electrons. The Morgan fingerprint density at radius 2 is 1.71 bits per heavy atom. The molecule has 0 spiro atoms. The summed E-state index contributed by atoms with van der Waals surface area (Å²) in [6.45, 7) is 0.879. The molecule has 4 saturated carbocycles. The summed E-state index contributed by atoms with van der Waals surface area (Å²) in [5.74, 6) is 5.21. The van der Waals surface area contributed by atoms with Gasteiger partial charge >= 0.3 is 0 Å². The minimum Gasteiger partial charge on any atom is -0.370 e. The summed E-state index contributed by atoms with van der Waals surface area (Å²) in [6.07, 6.45) is 11.0. The van der Waals surface area contributed by atoms with Gasteiger partial charge in [-0.25, -0.2) is 0 Å². The second-order valence-corrected chi connectivity index (χ2v) is 8.14. The fourth-order valence-corrected chi connectivity index (χ4v) is 6.25. The summed E-state index contributed by atoms with van der Waals surface area (Å²) < 4.78 is 8.12. The van der Waals surface area contributed by atoms with Gasteiger partial charge in [0.2, 0.25) is 0 Å². The molecule has 1 unspecified atom stereocenters. The van der Waals surface area contributed by atoms with Crippen LogP contribution in [0.4, 0.5) is 0 Å². The zero-order valence-corrected chi connectivity index (χ0v) is 12.9. The average molecular weight is 287 g/mol. The van der Waals surface area contributed by atoms with Gasteiger partial charge in [0, 0.05) is 19.1 Å². The van der Waals surface area contributed by atoms with Gasteiger partial charge in [0.25, 0.3) is 0 Å². The quantitative estimate of drug-likeness (QED) is 0.839. The Morgan fingerprint density at radius 1 is 1.05 bits per heavy atom. The van der Waals surface area contributed by atoms with Crippen molar-refractivity contribution >= 4 is 0 Å². The normalized spacial score (nSPS) is 44.6. The summed E-state index contributed by atoms with van der Waals surface area (Å²) in [7, 11) is 2.17. The highest BCUT2D eigenvalue weighted by molar-refractivity contribution is 5.19. The van der Waals surface area contributed by atoms with Gasteiger partial charge in [-0.05, 0) is 69.1 Å². The maximum atomic E-state index is 5.83. The van der Waals surface area contributed by atoms with Crippen LogP contribution in [-0.2, 0) is 17.2 Å². The van der Waals surface area contributed by atoms with Gasteiger partial charge < -0.3 is 9.30 Å². The van der Waals surface area contributed by atoms with Crippen LogP contribution in [0.15, 0.2) is 0 Å². The SMILES string of the molecule is Cn1c(C2CCCO2)nnc1C12CC3CC(CC(C3)C1)C2. The maximum absolute atomic E-state index is 5.83. The third kappa shape index (κ3) is 1.77. The van der Waals surface area contributed by atoms with Gasteiger partial charge in [-0.1, -0.05) is 0 Å². The molecule has 0 N–H and O–H groups in total. The van der Waals surface area contributed by atoms with E-state index in [1.165, 1.54) is 44.3 Å². The van der Waals surface area contributed by atoms with Crippen molar-refractivity contribution in [2.75, 3.05) is 6.61 Å². The van der Waals surface area contributed by atoms with E-state index >= 15 is 0 Å². The van der Waals surface area contributed by atoms with Gasteiger partial charge in [0.15, 0.2) is 5.82 Å². The van der Waals surface area contributed by atoms with E-state index in [9.17, 15) is 0 Å². The molecule has 1 aromatic rings. The lowest BCUT2D eigenvalue weighted by atomic mass is 9.49. The number of aromatic nitrogens is 3. The number of ether oxygens (including phenoxy) is 1. The van der Waals surface area contributed by atoms with Crippen molar-refractivity contribution in [2.24, 2.45) is 24.8 Å². The Balaban J connectivity index is 1.52. The number of rotatable bonds is 2. The smallest absolute Gasteiger partial charge is 0.162 e. The molecule has 21 heavy (non-hydrogen) atoms. The van der Waals surface area contributed by atoms with E-state index in [1.54, 1.807) is 0 Å². The Hall–Kier alpha value is -0.900. The molecule has 1 atom stereocenters. The van der Waals surface area contributed by atoms with Crippen LogP contribution >= 0.6 is 0 Å². The molecule has 4 aliphatic carbocycles. The van der Waals surface area contributed by atoms with E-state index in [2.05, 4.69) is 21.8 Å². The summed E-state index contributed by atoms with van der Waals surface area (Å²) in [5, 5.41) is 9.23. The van der Waals surface area contributed by atoms with E-state index in [0.29, 0.717) is 5.41 Å². The van der Waals surface area contributed by atoms with Crippen molar-refractivity contribution in [3.05, 3.63) is 11.6 Å². The van der Waals surface area contributed by atoms with Gasteiger partial charge in [0.05, 0.1) is 0 Å². The minimum absolute atomic E-state index is 0.185. The van der Waals surface area contributed by atoms with E-state index in [-0.39, 0.29) is 6.10 Å². The lowest BCUT2D eigenvalue weighted by molar-refractivity contribution is -0.0110. The first-order valence-electron chi connectivity index (χ1n) is 8.75. The molecule has 2 heterocycles. The van der Waals surface area contributed by atoms with Gasteiger partial charge in [-0.3, -0.25) is 0 Å². The monoisotopic (exact) mass is 287 g/mol. The first-order chi connectivity index (χ1) is 10.2. The Kier molecular flexibility index (Phi) is 2.59. The highest BCUT2D eigenvalue weighted by atomic mass is 16.5. The van der Waals surface area contributed by atoms with Crippen molar-refractivity contribution in [1.29, 1.82) is 0 Å². The largest absolute Gasteiger partial charge is 0.370 e. The Bertz CT molecular complexity index is 523. The number of hydrogen-bond donors (Lipinski definition) is 0. The molecular weight excluding hydrogens is 262 g/mol. The molecule has 4 nitrogen and oxygen atoms in total. The molecule has 0 aromatic carbocycles. The average Bonchev–Trinajstić information content (AvgIpc) is 3.05. The minimum atomic E-state index is 0.185. The molecule has 0 amide bonds. The molecular formula is C17H25N3O. The standard InChI is InChI=1S/C17H25N3O/c1-20-15(14-3-2-4-21-14)18-19-16(20)17-8-11-5-12(9-17)7-13(6-11)10-17/h11-14H,2-10H2,1H3. The fraction of sp³-hybridized carbons (Fsp3) is 0.882. The van der Waals surface area contributed by atoms with E-state index in [1.807, 2.05) is 0 Å². The van der Waals surface area contributed by atoms with Gasteiger partial charge in [-0.15, -0.1) is 10.2 Å². The third-order valence-electron chi connectivity index (χ3n) is 6.64. The lowest BCUT2D eigenvalue weighted by Gasteiger charge is -2.56. The highest BCUT2D eigenvalue weighted by Crippen LogP contribution is 2.60. The van der Waals surface area contributed by atoms with Crippen molar-refractivity contribution in [3.63, 3.8) is 0 Å². The van der Waals surface area contributed by atoms with Gasteiger partial charge in [0.1, 0.15) is 11.9 Å².